The topological polar surface area (TPSA) is 70.1 Å². The van der Waals surface area contributed by atoms with Gasteiger partial charge in [-0.05, 0) is 18.2 Å². The minimum absolute atomic E-state index is 0.770. The molecule has 0 bridgehead atoms. The highest BCUT2D eigenvalue weighted by Gasteiger charge is 2.21. The van der Waals surface area contributed by atoms with Crippen LogP contribution in [0.5, 0.6) is 0 Å². The van der Waals surface area contributed by atoms with Crippen LogP contribution in [0.1, 0.15) is 0 Å². The number of fused-ring (bicyclic) bond motifs is 1. The van der Waals surface area contributed by atoms with Gasteiger partial charge in [0.25, 0.3) is 0 Å². The predicted molar refractivity (Wildman–Crippen MR) is 95.5 cm³/mol. The fourth-order valence-electron chi connectivity index (χ4n) is 2.96. The van der Waals surface area contributed by atoms with Gasteiger partial charge in [-0.15, -0.1) is 0 Å². The summed E-state index contributed by atoms with van der Waals surface area (Å²) in [5.74, 6) is 2.42. The van der Waals surface area contributed by atoms with E-state index in [4.69, 9.17) is 9.97 Å². The molecule has 0 saturated carbocycles. The van der Waals surface area contributed by atoms with Crippen molar-refractivity contribution in [3.8, 4) is 0 Å². The second-order valence-corrected chi connectivity index (χ2v) is 5.66. The molecular formula is C17H19N7. The highest BCUT2D eigenvalue weighted by Crippen LogP contribution is 2.24. The predicted octanol–water partition coefficient (Wildman–Crippen LogP) is 1.79. The van der Waals surface area contributed by atoms with Gasteiger partial charge < -0.3 is 15.1 Å². The summed E-state index contributed by atoms with van der Waals surface area (Å²) in [6, 6.07) is 9.90. The molecule has 0 unspecified atom stereocenters. The average Bonchev–Trinajstić information content (AvgIpc) is 2.68. The third-order valence-electron chi connectivity index (χ3n) is 4.23. The molecule has 0 amide bonds. The number of nitrogens with zero attached hydrogens (tertiary/aromatic N) is 6. The van der Waals surface area contributed by atoms with E-state index in [0.717, 1.165) is 54.8 Å². The van der Waals surface area contributed by atoms with Crippen molar-refractivity contribution in [2.45, 2.75) is 0 Å². The highest BCUT2D eigenvalue weighted by molar-refractivity contribution is 5.89. The van der Waals surface area contributed by atoms with Crippen molar-refractivity contribution in [2.24, 2.45) is 0 Å². The van der Waals surface area contributed by atoms with Gasteiger partial charge in [-0.2, -0.15) is 4.98 Å². The summed E-state index contributed by atoms with van der Waals surface area (Å²) in [6.45, 7) is 3.41. The van der Waals surface area contributed by atoms with Crippen molar-refractivity contribution >= 4 is 28.6 Å². The molecule has 24 heavy (non-hydrogen) atoms. The quantitative estimate of drug-likeness (QED) is 0.788. The van der Waals surface area contributed by atoms with Crippen molar-refractivity contribution in [3.05, 3.63) is 42.7 Å². The van der Waals surface area contributed by atoms with E-state index in [-0.39, 0.29) is 0 Å². The van der Waals surface area contributed by atoms with Gasteiger partial charge >= 0.3 is 0 Å². The van der Waals surface area contributed by atoms with Gasteiger partial charge in [0.05, 0.1) is 5.52 Å². The SMILES string of the molecule is CNc1nc(N2CCN(c3ncccn3)CC2)nc2ccccc12. The molecule has 7 heteroatoms. The Kier molecular flexibility index (Phi) is 3.82. The third kappa shape index (κ3) is 2.68. The molecule has 1 aliphatic rings. The lowest BCUT2D eigenvalue weighted by atomic mass is 10.2. The van der Waals surface area contributed by atoms with Crippen LogP contribution in [0.3, 0.4) is 0 Å². The lowest BCUT2D eigenvalue weighted by Crippen LogP contribution is -2.47. The van der Waals surface area contributed by atoms with Gasteiger partial charge in [-0.1, -0.05) is 12.1 Å². The van der Waals surface area contributed by atoms with E-state index < -0.39 is 0 Å². The number of para-hydroxylation sites is 1. The summed E-state index contributed by atoms with van der Waals surface area (Å²) in [4.78, 5) is 22.5. The average molecular weight is 321 g/mol. The Hall–Kier alpha value is -2.96. The summed E-state index contributed by atoms with van der Waals surface area (Å²) >= 11 is 0. The number of anilines is 3. The van der Waals surface area contributed by atoms with E-state index in [0.29, 0.717) is 0 Å². The zero-order valence-electron chi connectivity index (χ0n) is 13.6. The number of piperazine rings is 1. The number of aromatic nitrogens is 4. The van der Waals surface area contributed by atoms with Crippen LogP contribution in [0, 0.1) is 0 Å². The summed E-state index contributed by atoms with van der Waals surface area (Å²) in [5, 5.41) is 4.22. The van der Waals surface area contributed by atoms with Crippen LogP contribution in [0.4, 0.5) is 17.7 Å². The molecule has 1 fully saturated rings. The lowest BCUT2D eigenvalue weighted by Gasteiger charge is -2.34. The monoisotopic (exact) mass is 321 g/mol. The number of rotatable bonds is 3. The molecule has 3 heterocycles. The van der Waals surface area contributed by atoms with E-state index in [2.05, 4.69) is 25.1 Å². The molecule has 1 saturated heterocycles. The Bertz CT molecular complexity index is 829. The Morgan fingerprint density at radius 1 is 0.833 bits per heavy atom. The van der Waals surface area contributed by atoms with Gasteiger partial charge in [0.1, 0.15) is 5.82 Å². The summed E-state index contributed by atoms with van der Waals surface area (Å²) in [7, 11) is 1.89. The van der Waals surface area contributed by atoms with Gasteiger partial charge in [0.2, 0.25) is 11.9 Å². The van der Waals surface area contributed by atoms with Crippen LogP contribution >= 0.6 is 0 Å². The van der Waals surface area contributed by atoms with Gasteiger partial charge in [-0.25, -0.2) is 15.0 Å². The minimum Gasteiger partial charge on any atom is -0.372 e. The van der Waals surface area contributed by atoms with Crippen LogP contribution in [-0.2, 0) is 0 Å². The normalized spacial score (nSPS) is 14.9. The molecule has 7 nitrogen and oxygen atoms in total. The molecule has 1 N–H and O–H groups in total. The van der Waals surface area contributed by atoms with Crippen molar-refractivity contribution in [3.63, 3.8) is 0 Å². The molecule has 0 aliphatic carbocycles. The third-order valence-corrected chi connectivity index (χ3v) is 4.23. The molecule has 0 radical (unpaired) electrons. The summed E-state index contributed by atoms with van der Waals surface area (Å²) in [5.41, 5.74) is 0.959. The van der Waals surface area contributed by atoms with Crippen LogP contribution < -0.4 is 15.1 Å². The van der Waals surface area contributed by atoms with Crippen molar-refractivity contribution < 1.29 is 0 Å². The molecule has 3 aromatic rings. The fourth-order valence-corrected chi connectivity index (χ4v) is 2.96. The van der Waals surface area contributed by atoms with Crippen molar-refractivity contribution in [1.82, 2.24) is 19.9 Å². The Morgan fingerprint density at radius 2 is 1.50 bits per heavy atom. The standard InChI is InChI=1S/C17H19N7/c1-18-15-13-5-2-3-6-14(13)21-17(22-15)24-11-9-23(10-12-24)16-19-7-4-8-20-16/h2-8H,9-12H2,1H3,(H,18,21,22). The maximum Gasteiger partial charge on any atom is 0.228 e. The molecule has 4 rings (SSSR count). The van der Waals surface area contributed by atoms with Crippen molar-refractivity contribution in [1.29, 1.82) is 0 Å². The second-order valence-electron chi connectivity index (χ2n) is 5.66. The van der Waals surface area contributed by atoms with E-state index in [1.165, 1.54) is 0 Å². The van der Waals surface area contributed by atoms with Gasteiger partial charge in [0.15, 0.2) is 0 Å². The van der Waals surface area contributed by atoms with Crippen LogP contribution in [-0.4, -0.2) is 53.2 Å². The summed E-state index contributed by atoms with van der Waals surface area (Å²) < 4.78 is 0. The molecule has 1 aromatic carbocycles. The number of hydrogen-bond acceptors (Lipinski definition) is 7. The molecule has 122 valence electrons. The van der Waals surface area contributed by atoms with Crippen LogP contribution in [0.25, 0.3) is 10.9 Å². The molecule has 0 spiro atoms. The molecule has 0 atom stereocenters. The first-order valence-corrected chi connectivity index (χ1v) is 8.06. The molecule has 1 aliphatic heterocycles. The van der Waals surface area contributed by atoms with E-state index in [1.807, 2.05) is 37.4 Å². The minimum atomic E-state index is 0.770. The fraction of sp³-hybridized carbons (Fsp3) is 0.294. The molecule has 2 aromatic heterocycles. The van der Waals surface area contributed by atoms with Gasteiger partial charge in [0, 0.05) is 51.0 Å². The zero-order valence-corrected chi connectivity index (χ0v) is 13.6. The largest absolute Gasteiger partial charge is 0.372 e. The maximum absolute atomic E-state index is 4.73. The van der Waals surface area contributed by atoms with Crippen LogP contribution in [0.15, 0.2) is 42.7 Å². The first kappa shape index (κ1) is 14.6. The zero-order chi connectivity index (χ0) is 16.4. The number of nitrogens with one attached hydrogen (secondary N) is 1. The van der Waals surface area contributed by atoms with E-state index in [9.17, 15) is 0 Å². The maximum atomic E-state index is 4.73. The first-order valence-electron chi connectivity index (χ1n) is 8.06. The van der Waals surface area contributed by atoms with E-state index >= 15 is 0 Å². The lowest BCUT2D eigenvalue weighted by molar-refractivity contribution is 0.629. The van der Waals surface area contributed by atoms with Crippen LogP contribution in [0.2, 0.25) is 0 Å². The molecular weight excluding hydrogens is 302 g/mol. The second kappa shape index (κ2) is 6.27. The van der Waals surface area contributed by atoms with E-state index in [1.54, 1.807) is 12.4 Å². The number of benzene rings is 1. The first-order chi connectivity index (χ1) is 11.8. The van der Waals surface area contributed by atoms with Gasteiger partial charge in [-0.3, -0.25) is 0 Å². The Morgan fingerprint density at radius 3 is 2.21 bits per heavy atom. The summed E-state index contributed by atoms with van der Waals surface area (Å²) in [6.07, 6.45) is 3.56. The highest BCUT2D eigenvalue weighted by atomic mass is 15.4. The number of hydrogen-bond donors (Lipinski definition) is 1. The Balaban J connectivity index is 1.56. The Labute approximate surface area is 140 Å². The van der Waals surface area contributed by atoms with Crippen molar-refractivity contribution in [2.75, 3.05) is 48.3 Å². The smallest absolute Gasteiger partial charge is 0.228 e.